The summed E-state index contributed by atoms with van der Waals surface area (Å²) in [7, 11) is 3.17. The molecule has 7 heteroatoms. The lowest BCUT2D eigenvalue weighted by Crippen LogP contribution is -2.39. The minimum absolute atomic E-state index is 0.0697. The van der Waals surface area contributed by atoms with E-state index in [1.54, 1.807) is 14.2 Å². The quantitative estimate of drug-likeness (QED) is 0.847. The van der Waals surface area contributed by atoms with E-state index in [0.717, 1.165) is 11.3 Å². The van der Waals surface area contributed by atoms with Crippen molar-refractivity contribution in [3.8, 4) is 22.8 Å². The molecule has 124 valence electrons. The highest BCUT2D eigenvalue weighted by atomic mass is 32.1. The van der Waals surface area contributed by atoms with Crippen LogP contribution in [0.15, 0.2) is 23.6 Å². The van der Waals surface area contributed by atoms with Crippen molar-refractivity contribution in [3.05, 3.63) is 23.6 Å². The number of hydrogen-bond donors (Lipinski definition) is 2. The van der Waals surface area contributed by atoms with Crippen LogP contribution in [0.1, 0.15) is 13.8 Å². The number of aromatic nitrogens is 1. The van der Waals surface area contributed by atoms with Crippen LogP contribution in [-0.2, 0) is 4.79 Å². The Labute approximate surface area is 139 Å². The van der Waals surface area contributed by atoms with Crippen LogP contribution in [0, 0.1) is 5.92 Å². The van der Waals surface area contributed by atoms with E-state index in [4.69, 9.17) is 15.2 Å². The Morgan fingerprint density at radius 1 is 1.26 bits per heavy atom. The van der Waals surface area contributed by atoms with Gasteiger partial charge >= 0.3 is 0 Å². The van der Waals surface area contributed by atoms with Gasteiger partial charge in [0.25, 0.3) is 0 Å². The van der Waals surface area contributed by atoms with Crippen molar-refractivity contribution in [2.45, 2.75) is 19.9 Å². The molecule has 1 aromatic heterocycles. The zero-order valence-corrected chi connectivity index (χ0v) is 14.4. The van der Waals surface area contributed by atoms with Gasteiger partial charge in [0.05, 0.1) is 26.0 Å². The number of hydrogen-bond acceptors (Lipinski definition) is 6. The molecule has 0 aliphatic carbocycles. The summed E-state index contributed by atoms with van der Waals surface area (Å²) < 4.78 is 10.5. The van der Waals surface area contributed by atoms with E-state index in [9.17, 15) is 4.79 Å². The number of ether oxygens (including phenoxy) is 2. The summed E-state index contributed by atoms with van der Waals surface area (Å²) >= 11 is 1.35. The Morgan fingerprint density at radius 3 is 2.57 bits per heavy atom. The Bertz CT molecular complexity index is 685. The third-order valence-electron chi connectivity index (χ3n) is 3.43. The SMILES string of the molecule is COc1ccc(-c2csc(NC(=O)[C@@H](N)C(C)C)n2)cc1OC. The number of carbonyl (C=O) groups is 1. The molecule has 23 heavy (non-hydrogen) atoms. The molecule has 1 aromatic carbocycles. The van der Waals surface area contributed by atoms with Gasteiger partial charge in [-0.1, -0.05) is 13.8 Å². The molecule has 1 heterocycles. The molecule has 0 fully saturated rings. The van der Waals surface area contributed by atoms with Crippen LogP contribution in [0.5, 0.6) is 11.5 Å². The average Bonchev–Trinajstić information content (AvgIpc) is 3.01. The van der Waals surface area contributed by atoms with Gasteiger partial charge in [0.15, 0.2) is 16.6 Å². The molecular formula is C16H21N3O3S. The topological polar surface area (TPSA) is 86.5 Å². The minimum atomic E-state index is -0.552. The first-order valence-electron chi connectivity index (χ1n) is 7.20. The molecule has 2 rings (SSSR count). The van der Waals surface area contributed by atoms with Crippen molar-refractivity contribution in [2.24, 2.45) is 11.7 Å². The zero-order valence-electron chi connectivity index (χ0n) is 13.6. The number of nitrogens with zero attached hydrogens (tertiary/aromatic N) is 1. The number of nitrogens with one attached hydrogen (secondary N) is 1. The van der Waals surface area contributed by atoms with Crippen LogP contribution in [0.2, 0.25) is 0 Å². The molecule has 0 radical (unpaired) electrons. The fourth-order valence-electron chi connectivity index (χ4n) is 1.95. The second-order valence-corrected chi connectivity index (χ2v) is 6.22. The molecule has 3 N–H and O–H groups in total. The van der Waals surface area contributed by atoms with Crippen molar-refractivity contribution in [3.63, 3.8) is 0 Å². The highest BCUT2D eigenvalue weighted by Crippen LogP contribution is 2.33. The van der Waals surface area contributed by atoms with Crippen molar-refractivity contribution >= 4 is 22.4 Å². The second-order valence-electron chi connectivity index (χ2n) is 5.37. The van der Waals surface area contributed by atoms with E-state index < -0.39 is 6.04 Å². The predicted octanol–water partition coefficient (Wildman–Crippen LogP) is 2.75. The molecule has 1 atom stereocenters. The maximum Gasteiger partial charge on any atom is 0.243 e. The van der Waals surface area contributed by atoms with E-state index in [-0.39, 0.29) is 11.8 Å². The molecular weight excluding hydrogens is 314 g/mol. The molecule has 0 bridgehead atoms. The summed E-state index contributed by atoms with van der Waals surface area (Å²) in [5.74, 6) is 1.13. The van der Waals surface area contributed by atoms with Gasteiger partial charge in [-0.25, -0.2) is 4.98 Å². The van der Waals surface area contributed by atoms with Gasteiger partial charge < -0.3 is 20.5 Å². The van der Waals surface area contributed by atoms with E-state index in [2.05, 4.69) is 10.3 Å². The Hall–Kier alpha value is -2.12. The first-order chi connectivity index (χ1) is 11.0. The van der Waals surface area contributed by atoms with Crippen molar-refractivity contribution in [2.75, 3.05) is 19.5 Å². The Balaban J connectivity index is 2.18. The largest absolute Gasteiger partial charge is 0.493 e. The molecule has 0 saturated carbocycles. The van der Waals surface area contributed by atoms with E-state index >= 15 is 0 Å². The predicted molar refractivity (Wildman–Crippen MR) is 92.1 cm³/mol. The summed E-state index contributed by atoms with van der Waals surface area (Å²) in [6.07, 6.45) is 0. The van der Waals surface area contributed by atoms with Gasteiger partial charge in [-0.05, 0) is 24.1 Å². The van der Waals surface area contributed by atoms with E-state index in [1.807, 2.05) is 37.4 Å². The maximum absolute atomic E-state index is 12.0. The Kier molecular flexibility index (Phi) is 5.57. The first kappa shape index (κ1) is 17.2. The van der Waals surface area contributed by atoms with Crippen LogP contribution in [-0.4, -0.2) is 31.2 Å². The highest BCUT2D eigenvalue weighted by Gasteiger charge is 2.18. The number of thiazole rings is 1. The summed E-state index contributed by atoms with van der Waals surface area (Å²) in [6, 6.07) is 5.00. The standard InChI is InChI=1S/C16H21N3O3S/c1-9(2)14(17)15(20)19-16-18-11(8-23-16)10-5-6-12(21-3)13(7-10)22-4/h5-9,14H,17H2,1-4H3,(H,18,19,20)/t14-/m0/s1. The summed E-state index contributed by atoms with van der Waals surface area (Å²) in [5, 5.41) is 5.15. The van der Waals surface area contributed by atoms with E-state index in [1.165, 1.54) is 11.3 Å². The number of anilines is 1. The fraction of sp³-hybridized carbons (Fsp3) is 0.375. The normalized spacial score (nSPS) is 12.1. The molecule has 1 amide bonds. The van der Waals surface area contributed by atoms with Crippen LogP contribution >= 0.6 is 11.3 Å². The fourth-order valence-corrected chi connectivity index (χ4v) is 2.67. The number of nitrogens with two attached hydrogens (primary N) is 1. The first-order valence-corrected chi connectivity index (χ1v) is 8.08. The number of carbonyl (C=O) groups excluding carboxylic acids is 1. The highest BCUT2D eigenvalue weighted by molar-refractivity contribution is 7.14. The van der Waals surface area contributed by atoms with Gasteiger partial charge in [0.1, 0.15) is 0 Å². The van der Waals surface area contributed by atoms with Crippen molar-refractivity contribution < 1.29 is 14.3 Å². The van der Waals surface area contributed by atoms with Gasteiger partial charge in [-0.2, -0.15) is 0 Å². The molecule has 0 spiro atoms. The number of rotatable bonds is 6. The maximum atomic E-state index is 12.0. The van der Waals surface area contributed by atoms with Gasteiger partial charge in [-0.15, -0.1) is 11.3 Å². The molecule has 6 nitrogen and oxygen atoms in total. The summed E-state index contributed by atoms with van der Waals surface area (Å²) in [6.45, 7) is 3.81. The molecule has 0 unspecified atom stereocenters. The van der Waals surface area contributed by atoms with E-state index in [0.29, 0.717) is 16.6 Å². The monoisotopic (exact) mass is 335 g/mol. The van der Waals surface area contributed by atoms with Crippen molar-refractivity contribution in [1.82, 2.24) is 4.98 Å². The van der Waals surface area contributed by atoms with Crippen LogP contribution < -0.4 is 20.5 Å². The lowest BCUT2D eigenvalue weighted by atomic mass is 10.1. The van der Waals surface area contributed by atoms with Crippen molar-refractivity contribution in [1.29, 1.82) is 0 Å². The van der Waals surface area contributed by atoms with Crippen LogP contribution in [0.25, 0.3) is 11.3 Å². The third kappa shape index (κ3) is 4.00. The zero-order chi connectivity index (χ0) is 17.0. The van der Waals surface area contributed by atoms with Crippen LogP contribution in [0.3, 0.4) is 0 Å². The lowest BCUT2D eigenvalue weighted by Gasteiger charge is -2.13. The van der Waals surface area contributed by atoms with Gasteiger partial charge in [0, 0.05) is 10.9 Å². The summed E-state index contributed by atoms with van der Waals surface area (Å²) in [5.41, 5.74) is 7.47. The molecule has 2 aromatic rings. The van der Waals surface area contributed by atoms with Crippen LogP contribution in [0.4, 0.5) is 5.13 Å². The van der Waals surface area contributed by atoms with Gasteiger partial charge in [-0.3, -0.25) is 4.79 Å². The number of benzene rings is 1. The smallest absolute Gasteiger partial charge is 0.243 e. The Morgan fingerprint density at radius 2 is 1.96 bits per heavy atom. The molecule has 0 aliphatic rings. The second kappa shape index (κ2) is 7.43. The van der Waals surface area contributed by atoms with Gasteiger partial charge in [0.2, 0.25) is 5.91 Å². The third-order valence-corrected chi connectivity index (χ3v) is 4.19. The number of amides is 1. The minimum Gasteiger partial charge on any atom is -0.493 e. The average molecular weight is 335 g/mol. The number of methoxy groups -OCH3 is 2. The lowest BCUT2D eigenvalue weighted by molar-refractivity contribution is -0.118. The molecule has 0 aliphatic heterocycles. The summed E-state index contributed by atoms with van der Waals surface area (Å²) in [4.78, 5) is 16.4. The molecule has 0 saturated heterocycles.